The van der Waals surface area contributed by atoms with Crippen molar-refractivity contribution >= 4 is 28.1 Å². The van der Waals surface area contributed by atoms with Gasteiger partial charge >= 0.3 is 0 Å². The van der Waals surface area contributed by atoms with Crippen molar-refractivity contribution in [3.63, 3.8) is 0 Å². The molecule has 2 aromatic carbocycles. The van der Waals surface area contributed by atoms with Crippen molar-refractivity contribution in [1.29, 1.82) is 0 Å². The summed E-state index contributed by atoms with van der Waals surface area (Å²) in [7, 11) is 1.91. The zero-order valence-corrected chi connectivity index (χ0v) is 19.5. The number of benzene rings is 2. The van der Waals surface area contributed by atoms with E-state index in [0.29, 0.717) is 17.3 Å². The van der Waals surface area contributed by atoms with E-state index in [1.54, 1.807) is 17.3 Å². The monoisotopic (exact) mass is 483 g/mol. The first-order valence-electron chi connectivity index (χ1n) is 11.5. The Balaban J connectivity index is 1.24. The van der Waals surface area contributed by atoms with Crippen LogP contribution in [-0.4, -0.2) is 48.6 Å². The number of hydrogen-bond donors (Lipinski definition) is 2. The van der Waals surface area contributed by atoms with E-state index in [-0.39, 0.29) is 13.1 Å². The number of alkyl halides is 2. The highest BCUT2D eigenvalue weighted by molar-refractivity contribution is 5.88. The summed E-state index contributed by atoms with van der Waals surface area (Å²) < 4.78 is 28.7. The van der Waals surface area contributed by atoms with Gasteiger partial charge in [-0.1, -0.05) is 30.8 Å². The number of nitrogens with zero attached hydrogens (tertiary/aromatic N) is 5. The number of anilines is 2. The first-order chi connectivity index (χ1) is 17.4. The summed E-state index contributed by atoms with van der Waals surface area (Å²) in [5, 5.41) is 11.1. The van der Waals surface area contributed by atoms with E-state index in [9.17, 15) is 8.78 Å². The number of H-pyrrole nitrogens is 1. The molecule has 9 heteroatoms. The third-order valence-electron chi connectivity index (χ3n) is 6.47. The molecule has 3 aromatic heterocycles. The fourth-order valence-electron chi connectivity index (χ4n) is 4.48. The van der Waals surface area contributed by atoms with E-state index in [1.807, 2.05) is 72.4 Å². The zero-order chi connectivity index (χ0) is 24.9. The number of halogens is 2. The lowest BCUT2D eigenvalue weighted by Crippen LogP contribution is -2.54. The van der Waals surface area contributed by atoms with Gasteiger partial charge in [0, 0.05) is 47.2 Å². The lowest BCUT2D eigenvalue weighted by atomic mass is 10.1. The molecule has 4 heterocycles. The highest BCUT2D eigenvalue weighted by Gasteiger charge is 2.44. The quantitative estimate of drug-likeness (QED) is 0.325. The molecule has 0 aliphatic carbocycles. The molecule has 180 valence electrons. The van der Waals surface area contributed by atoms with Crippen LogP contribution < -0.4 is 5.32 Å². The Morgan fingerprint density at radius 2 is 1.81 bits per heavy atom. The fourth-order valence-corrected chi connectivity index (χ4v) is 4.48. The van der Waals surface area contributed by atoms with Gasteiger partial charge < -0.3 is 14.8 Å². The van der Waals surface area contributed by atoms with Crippen LogP contribution in [0.15, 0.2) is 79.8 Å². The van der Waals surface area contributed by atoms with Gasteiger partial charge in [-0.3, -0.25) is 5.10 Å². The minimum atomic E-state index is -2.64. The topological polar surface area (TPSA) is 74.7 Å². The van der Waals surface area contributed by atoms with Crippen LogP contribution in [0.2, 0.25) is 0 Å². The number of nitrogens with one attached hydrogen (secondary N) is 2. The highest BCUT2D eigenvalue weighted by atomic mass is 19.3. The molecule has 0 amide bonds. The lowest BCUT2D eigenvalue weighted by molar-refractivity contribution is -0.105. The van der Waals surface area contributed by atoms with Crippen LogP contribution in [0.25, 0.3) is 39.1 Å². The van der Waals surface area contributed by atoms with Crippen LogP contribution in [0, 0.1) is 0 Å². The first-order valence-corrected chi connectivity index (χ1v) is 11.5. The summed E-state index contributed by atoms with van der Waals surface area (Å²) in [6.45, 7) is 3.47. The third-order valence-corrected chi connectivity index (χ3v) is 6.47. The maximum absolute atomic E-state index is 13.3. The first kappa shape index (κ1) is 22.0. The molecule has 6 rings (SSSR count). The molecule has 36 heavy (non-hydrogen) atoms. The molecule has 0 saturated carbocycles. The van der Waals surface area contributed by atoms with Gasteiger partial charge in [0.25, 0.3) is 5.92 Å². The smallest absolute Gasteiger partial charge is 0.282 e. The van der Waals surface area contributed by atoms with Gasteiger partial charge in [0.15, 0.2) is 5.82 Å². The molecule has 5 aromatic rings. The summed E-state index contributed by atoms with van der Waals surface area (Å²) in [4.78, 5) is 10.8. The van der Waals surface area contributed by atoms with Gasteiger partial charge in [0.05, 0.1) is 30.7 Å². The van der Waals surface area contributed by atoms with Crippen LogP contribution in [0.3, 0.4) is 0 Å². The average molecular weight is 484 g/mol. The van der Waals surface area contributed by atoms with Crippen LogP contribution in [0.1, 0.15) is 5.69 Å². The number of hydrogen-bond acceptors (Lipinski definition) is 5. The van der Waals surface area contributed by atoms with E-state index in [2.05, 4.69) is 27.1 Å². The molecule has 1 fully saturated rings. The van der Waals surface area contributed by atoms with Crippen molar-refractivity contribution in [1.82, 2.24) is 29.6 Å². The number of aromatic nitrogens is 5. The Hall–Kier alpha value is -4.53. The number of rotatable bonds is 6. The average Bonchev–Trinajstić information content (AvgIpc) is 3.51. The summed E-state index contributed by atoms with van der Waals surface area (Å²) in [6.07, 6.45) is 5.35. The number of likely N-dealkylation sites (tertiary alicyclic amines) is 1. The molecule has 7 nitrogen and oxygen atoms in total. The normalized spacial score (nSPS) is 14.6. The Labute approximate surface area is 206 Å². The Morgan fingerprint density at radius 1 is 1.03 bits per heavy atom. The van der Waals surface area contributed by atoms with Crippen molar-refractivity contribution in [2.75, 3.05) is 18.4 Å². The minimum absolute atomic E-state index is 0.293. The third kappa shape index (κ3) is 3.98. The zero-order valence-electron chi connectivity index (χ0n) is 19.5. The van der Waals surface area contributed by atoms with Crippen molar-refractivity contribution in [3.05, 3.63) is 85.5 Å². The molecule has 0 unspecified atom stereocenters. The van der Waals surface area contributed by atoms with E-state index < -0.39 is 5.92 Å². The molecule has 1 aliphatic rings. The molecule has 0 spiro atoms. The number of aryl methyl sites for hydroxylation is 1. The van der Waals surface area contributed by atoms with E-state index >= 15 is 0 Å². The van der Waals surface area contributed by atoms with Gasteiger partial charge in [-0.25, -0.2) is 18.7 Å². The molecular formula is C27H23F2N7. The second kappa shape index (κ2) is 8.30. The largest absolute Gasteiger partial charge is 0.358 e. The van der Waals surface area contributed by atoms with Gasteiger partial charge in [-0.05, 0) is 35.9 Å². The molecule has 0 radical (unpaired) electrons. The molecule has 0 bridgehead atoms. The second-order valence-corrected chi connectivity index (χ2v) is 8.98. The van der Waals surface area contributed by atoms with Crippen LogP contribution in [0.4, 0.5) is 20.3 Å². The summed E-state index contributed by atoms with van der Waals surface area (Å²) in [6, 6.07) is 17.8. The SMILES string of the molecule is C=C(c1cc2ccc(-c3nccc(Nc4ccc(-c5cn[nH]c5)cc4)n3)cc2n1C)N1CC(F)(F)C1. The van der Waals surface area contributed by atoms with Crippen molar-refractivity contribution in [3.8, 4) is 22.5 Å². The Bertz CT molecular complexity index is 1560. The van der Waals surface area contributed by atoms with E-state index in [4.69, 9.17) is 4.98 Å². The number of aromatic amines is 1. The fraction of sp³-hybridized carbons (Fsp3) is 0.148. The van der Waals surface area contributed by atoms with E-state index in [0.717, 1.165) is 39.0 Å². The summed E-state index contributed by atoms with van der Waals surface area (Å²) in [5.74, 6) is -1.38. The molecule has 1 saturated heterocycles. The van der Waals surface area contributed by atoms with Gasteiger partial charge in [-0.15, -0.1) is 0 Å². The minimum Gasteiger partial charge on any atom is -0.358 e. The standard InChI is InChI=1S/C27H23F2N7/c1-17(36-15-27(28,29)16-36)23-11-19-3-4-20(12-24(19)35(23)2)26-30-10-9-25(34-26)33-22-7-5-18(6-8-22)21-13-31-32-14-21/h3-14H,1,15-16H2,2H3,(H,31,32)(H,30,33,34). The van der Waals surface area contributed by atoms with Gasteiger partial charge in [0.1, 0.15) is 5.82 Å². The molecule has 1 aliphatic heterocycles. The van der Waals surface area contributed by atoms with Gasteiger partial charge in [-0.2, -0.15) is 5.10 Å². The Kier molecular flexibility index (Phi) is 5.06. The lowest BCUT2D eigenvalue weighted by Gasteiger charge is -2.41. The second-order valence-electron chi connectivity index (χ2n) is 8.98. The molecule has 0 atom stereocenters. The van der Waals surface area contributed by atoms with Crippen molar-refractivity contribution in [2.24, 2.45) is 7.05 Å². The van der Waals surface area contributed by atoms with Crippen LogP contribution in [-0.2, 0) is 7.05 Å². The van der Waals surface area contributed by atoms with Crippen molar-refractivity contribution in [2.45, 2.75) is 5.92 Å². The molecule has 2 N–H and O–H groups in total. The van der Waals surface area contributed by atoms with Crippen LogP contribution >= 0.6 is 0 Å². The van der Waals surface area contributed by atoms with Crippen LogP contribution in [0.5, 0.6) is 0 Å². The summed E-state index contributed by atoms with van der Waals surface area (Å²) in [5.41, 5.74) is 6.22. The molecular weight excluding hydrogens is 460 g/mol. The Morgan fingerprint density at radius 3 is 2.53 bits per heavy atom. The van der Waals surface area contributed by atoms with Gasteiger partial charge in [0.2, 0.25) is 0 Å². The number of fused-ring (bicyclic) bond motifs is 1. The highest BCUT2D eigenvalue weighted by Crippen LogP contribution is 2.35. The maximum Gasteiger partial charge on any atom is 0.282 e. The van der Waals surface area contributed by atoms with Crippen molar-refractivity contribution < 1.29 is 8.78 Å². The van der Waals surface area contributed by atoms with E-state index in [1.165, 1.54) is 0 Å². The maximum atomic E-state index is 13.3. The summed E-state index contributed by atoms with van der Waals surface area (Å²) >= 11 is 0. The predicted octanol–water partition coefficient (Wildman–Crippen LogP) is 5.69. The predicted molar refractivity (Wildman–Crippen MR) is 137 cm³/mol.